The van der Waals surface area contributed by atoms with Gasteiger partial charge in [-0.15, -0.1) is 0 Å². The van der Waals surface area contributed by atoms with E-state index in [1.54, 1.807) is 17.0 Å². The Balaban J connectivity index is 2.21. The summed E-state index contributed by atoms with van der Waals surface area (Å²) in [5.74, 6) is 0. The molecular weight excluding hydrogens is 276 g/mol. The lowest BCUT2D eigenvalue weighted by Crippen LogP contribution is -3.06. The Morgan fingerprint density at radius 1 is 1.40 bits per heavy atom. The lowest BCUT2D eigenvalue weighted by Gasteiger charge is -2.08. The van der Waals surface area contributed by atoms with E-state index in [2.05, 4.69) is 24.1 Å². The maximum Gasteiger partial charge on any atom is 0.277 e. The van der Waals surface area contributed by atoms with Crippen molar-refractivity contribution in [3.8, 4) is 0 Å². The van der Waals surface area contributed by atoms with Gasteiger partial charge in [0.25, 0.3) is 5.56 Å². The third-order valence-electron chi connectivity index (χ3n) is 3.40. The Kier molecular flexibility index (Phi) is 3.23. The Labute approximate surface area is 120 Å². The molecule has 3 rings (SSSR count). The lowest BCUT2D eigenvalue weighted by atomic mass is 10.2. The lowest BCUT2D eigenvalue weighted by molar-refractivity contribution is -0.858. The fourth-order valence-electron chi connectivity index (χ4n) is 2.30. The van der Waals surface area contributed by atoms with Crippen molar-refractivity contribution in [2.45, 2.75) is 6.54 Å². The van der Waals surface area contributed by atoms with Crippen molar-refractivity contribution in [3.05, 3.63) is 39.9 Å². The van der Waals surface area contributed by atoms with E-state index in [1.165, 1.54) is 4.90 Å². The summed E-state index contributed by atoms with van der Waals surface area (Å²) in [6, 6.07) is 5.56. The molecule has 0 aliphatic carbocycles. The van der Waals surface area contributed by atoms with Crippen LogP contribution in [0, 0.1) is 0 Å². The zero-order valence-corrected chi connectivity index (χ0v) is 12.2. The average molecular weight is 292 g/mol. The van der Waals surface area contributed by atoms with E-state index in [4.69, 9.17) is 11.6 Å². The number of H-pyrrole nitrogens is 1. The van der Waals surface area contributed by atoms with Crippen LogP contribution in [0.4, 0.5) is 0 Å². The standard InChI is InChI=1S/C14H15ClN4O/c1-18(2)6-7-19-8-16-12-11-9(15)4-3-5-10(11)17-13(12)14(19)20/h3-5,8,17H,6-7H2,1-2H3/p+1. The summed E-state index contributed by atoms with van der Waals surface area (Å²) in [4.78, 5) is 21.3. The van der Waals surface area contributed by atoms with Gasteiger partial charge >= 0.3 is 0 Å². The van der Waals surface area contributed by atoms with Gasteiger partial charge in [-0.2, -0.15) is 0 Å². The first kappa shape index (κ1) is 13.1. The van der Waals surface area contributed by atoms with Gasteiger partial charge in [-0.05, 0) is 12.1 Å². The van der Waals surface area contributed by atoms with Crippen molar-refractivity contribution in [3.63, 3.8) is 0 Å². The summed E-state index contributed by atoms with van der Waals surface area (Å²) in [5.41, 5.74) is 1.95. The molecule has 0 amide bonds. The molecule has 0 fully saturated rings. The number of rotatable bonds is 3. The third kappa shape index (κ3) is 2.09. The van der Waals surface area contributed by atoms with Crippen LogP contribution >= 0.6 is 11.6 Å². The van der Waals surface area contributed by atoms with Gasteiger partial charge in [-0.1, -0.05) is 17.7 Å². The Hall–Kier alpha value is -1.85. The van der Waals surface area contributed by atoms with Gasteiger partial charge in [-0.25, -0.2) is 4.98 Å². The Morgan fingerprint density at radius 2 is 2.20 bits per heavy atom. The summed E-state index contributed by atoms with van der Waals surface area (Å²) < 4.78 is 1.64. The highest BCUT2D eigenvalue weighted by atomic mass is 35.5. The molecule has 5 nitrogen and oxygen atoms in total. The van der Waals surface area contributed by atoms with Crippen LogP contribution in [-0.4, -0.2) is 35.2 Å². The molecule has 0 saturated heterocycles. The number of aromatic amines is 1. The van der Waals surface area contributed by atoms with Crippen molar-refractivity contribution in [1.29, 1.82) is 0 Å². The number of aromatic nitrogens is 3. The van der Waals surface area contributed by atoms with Crippen LogP contribution in [0.5, 0.6) is 0 Å². The topological polar surface area (TPSA) is 55.1 Å². The molecule has 3 aromatic rings. The molecule has 0 atom stereocenters. The summed E-state index contributed by atoms with van der Waals surface area (Å²) in [6.45, 7) is 1.52. The molecule has 20 heavy (non-hydrogen) atoms. The van der Waals surface area contributed by atoms with E-state index in [0.717, 1.165) is 17.4 Å². The first-order chi connectivity index (χ1) is 9.58. The fraction of sp³-hybridized carbons (Fsp3) is 0.286. The molecule has 2 aromatic heterocycles. The van der Waals surface area contributed by atoms with Gasteiger partial charge in [0.05, 0.1) is 38.5 Å². The summed E-state index contributed by atoms with van der Waals surface area (Å²) in [6.07, 6.45) is 1.60. The highest BCUT2D eigenvalue weighted by Crippen LogP contribution is 2.28. The number of nitrogens with one attached hydrogen (secondary N) is 2. The molecule has 6 heteroatoms. The molecule has 0 saturated carbocycles. The maximum absolute atomic E-state index is 12.5. The molecule has 0 radical (unpaired) electrons. The van der Waals surface area contributed by atoms with Gasteiger partial charge in [0.15, 0.2) is 0 Å². The maximum atomic E-state index is 12.5. The van der Waals surface area contributed by atoms with Gasteiger partial charge in [0.1, 0.15) is 11.0 Å². The van der Waals surface area contributed by atoms with Crippen LogP contribution < -0.4 is 10.5 Å². The van der Waals surface area contributed by atoms with Crippen LogP contribution in [0.2, 0.25) is 5.02 Å². The molecule has 0 bridgehead atoms. The summed E-state index contributed by atoms with van der Waals surface area (Å²) >= 11 is 6.20. The first-order valence-corrected chi connectivity index (χ1v) is 6.90. The second-order valence-corrected chi connectivity index (χ2v) is 5.62. The van der Waals surface area contributed by atoms with Crippen LogP contribution in [0.15, 0.2) is 29.3 Å². The minimum absolute atomic E-state index is 0.0523. The van der Waals surface area contributed by atoms with E-state index in [1.807, 2.05) is 12.1 Å². The van der Waals surface area contributed by atoms with Crippen molar-refractivity contribution < 1.29 is 4.90 Å². The van der Waals surface area contributed by atoms with Gasteiger partial charge in [0, 0.05) is 10.9 Å². The normalized spacial score (nSPS) is 11.8. The number of halogens is 1. The minimum Gasteiger partial charge on any atom is -0.349 e. The molecule has 1 aromatic carbocycles. The zero-order valence-electron chi connectivity index (χ0n) is 11.4. The van der Waals surface area contributed by atoms with Gasteiger partial charge in [-0.3, -0.25) is 9.36 Å². The number of benzene rings is 1. The monoisotopic (exact) mass is 291 g/mol. The molecule has 2 N–H and O–H groups in total. The summed E-state index contributed by atoms with van der Waals surface area (Å²) in [7, 11) is 4.11. The van der Waals surface area contributed by atoms with E-state index in [0.29, 0.717) is 22.6 Å². The molecule has 0 aliphatic rings. The van der Waals surface area contributed by atoms with Gasteiger partial charge < -0.3 is 9.88 Å². The SMILES string of the molecule is C[NH+](C)CCn1cnc2c([nH]c3cccc(Cl)c32)c1=O. The second-order valence-electron chi connectivity index (χ2n) is 5.21. The van der Waals surface area contributed by atoms with Gasteiger partial charge in [0.2, 0.25) is 0 Å². The third-order valence-corrected chi connectivity index (χ3v) is 3.72. The Bertz CT molecular complexity index is 834. The van der Waals surface area contributed by atoms with E-state index >= 15 is 0 Å². The number of likely N-dealkylation sites (N-methyl/N-ethyl adjacent to an activating group) is 1. The van der Waals surface area contributed by atoms with Crippen LogP contribution in [0.25, 0.3) is 21.9 Å². The van der Waals surface area contributed by atoms with E-state index in [9.17, 15) is 4.79 Å². The first-order valence-electron chi connectivity index (χ1n) is 6.52. The molecule has 0 unspecified atom stereocenters. The van der Waals surface area contributed by atoms with Crippen molar-refractivity contribution >= 4 is 33.5 Å². The van der Waals surface area contributed by atoms with Crippen molar-refractivity contribution in [2.24, 2.45) is 0 Å². The number of hydrogen-bond acceptors (Lipinski definition) is 2. The molecule has 2 heterocycles. The number of nitrogens with zero attached hydrogens (tertiary/aromatic N) is 2. The fourth-order valence-corrected chi connectivity index (χ4v) is 2.56. The quantitative estimate of drug-likeness (QED) is 0.745. The average Bonchev–Trinajstić information content (AvgIpc) is 2.78. The smallest absolute Gasteiger partial charge is 0.277 e. The molecule has 104 valence electrons. The highest BCUT2D eigenvalue weighted by Gasteiger charge is 2.13. The van der Waals surface area contributed by atoms with E-state index < -0.39 is 0 Å². The molecule has 0 aliphatic heterocycles. The Morgan fingerprint density at radius 3 is 2.95 bits per heavy atom. The van der Waals surface area contributed by atoms with Crippen LogP contribution in [-0.2, 0) is 6.54 Å². The zero-order chi connectivity index (χ0) is 14.3. The van der Waals surface area contributed by atoms with Crippen LogP contribution in [0.1, 0.15) is 0 Å². The molecular formula is C14H16ClN4O+. The second kappa shape index (κ2) is 4.92. The molecule has 0 spiro atoms. The predicted octanol–water partition coefficient (Wildman–Crippen LogP) is 0.676. The van der Waals surface area contributed by atoms with Crippen LogP contribution in [0.3, 0.4) is 0 Å². The number of hydrogen-bond donors (Lipinski definition) is 2. The highest BCUT2D eigenvalue weighted by molar-refractivity contribution is 6.37. The predicted molar refractivity (Wildman–Crippen MR) is 80.5 cm³/mol. The minimum atomic E-state index is -0.0523. The van der Waals surface area contributed by atoms with Crippen molar-refractivity contribution in [2.75, 3.05) is 20.6 Å². The largest absolute Gasteiger partial charge is 0.349 e. The van der Waals surface area contributed by atoms with E-state index in [-0.39, 0.29) is 5.56 Å². The van der Waals surface area contributed by atoms with Crippen molar-refractivity contribution in [1.82, 2.24) is 14.5 Å². The number of quaternary nitrogens is 1. The number of fused-ring (bicyclic) bond motifs is 3. The summed E-state index contributed by atoms with van der Waals surface area (Å²) in [5, 5.41) is 1.42.